The molecule has 18 heteroatoms. The van der Waals surface area contributed by atoms with Crippen molar-refractivity contribution in [1.82, 2.24) is 35.9 Å². The number of carbonyl (C=O) groups is 4. The summed E-state index contributed by atoms with van der Waals surface area (Å²) in [6.45, 7) is 7.26. The van der Waals surface area contributed by atoms with Crippen LogP contribution >= 0.6 is 0 Å². The van der Waals surface area contributed by atoms with Crippen LogP contribution in [0, 0.1) is 0 Å². The van der Waals surface area contributed by atoms with E-state index in [4.69, 9.17) is 24.7 Å². The molecule has 1 aromatic carbocycles. The number of esters is 1. The molecule has 7 N–H and O–H groups in total. The molecule has 2 aromatic heterocycles. The van der Waals surface area contributed by atoms with Crippen molar-refractivity contribution in [2.75, 3.05) is 57.7 Å². The molecule has 3 aromatic rings. The maximum Gasteiger partial charge on any atom is 0.407 e. The number of fused-ring (bicyclic) bond motifs is 1. The Bertz CT molecular complexity index is 1630. The second-order valence-corrected chi connectivity index (χ2v) is 11.5. The molecule has 0 fully saturated rings. The molecule has 49 heavy (non-hydrogen) atoms. The van der Waals surface area contributed by atoms with E-state index in [1.54, 1.807) is 45.0 Å². The van der Waals surface area contributed by atoms with E-state index in [1.807, 2.05) is 0 Å². The Balaban J connectivity index is 1.33. The number of hydrogen-bond acceptors (Lipinski definition) is 14. The Morgan fingerprint density at radius 3 is 2.29 bits per heavy atom. The third kappa shape index (κ3) is 13.7. The van der Waals surface area contributed by atoms with Crippen molar-refractivity contribution in [1.29, 1.82) is 0 Å². The van der Waals surface area contributed by atoms with Crippen LogP contribution in [0.2, 0.25) is 0 Å². The quantitative estimate of drug-likeness (QED) is 0.0794. The van der Waals surface area contributed by atoms with Crippen molar-refractivity contribution in [3.8, 4) is 0 Å². The van der Waals surface area contributed by atoms with Crippen LogP contribution in [0.5, 0.6) is 0 Å². The highest BCUT2D eigenvalue weighted by molar-refractivity contribution is 5.97. The van der Waals surface area contributed by atoms with Crippen molar-refractivity contribution in [3.05, 3.63) is 52.1 Å². The van der Waals surface area contributed by atoms with Crippen LogP contribution < -0.4 is 32.6 Å². The number of nitrogens with two attached hydrogens (primary N) is 1. The SMILES string of the molecule is COC(=O)C(CCC(=O)NCCOCCOCCNC(=O)OC(C)(C)C)NC(=O)c1ccc(NCc2cnc3nc(N)[nH]c(=O)c3n2)cc1. The second-order valence-electron chi connectivity index (χ2n) is 11.5. The molecule has 0 bridgehead atoms. The van der Waals surface area contributed by atoms with Gasteiger partial charge in [0.25, 0.3) is 11.5 Å². The van der Waals surface area contributed by atoms with Crippen LogP contribution in [0.3, 0.4) is 0 Å². The van der Waals surface area contributed by atoms with Gasteiger partial charge in [0, 0.05) is 30.8 Å². The Kier molecular flexibility index (Phi) is 14.6. The summed E-state index contributed by atoms with van der Waals surface area (Å²) >= 11 is 0. The number of nitrogens with one attached hydrogen (secondary N) is 5. The predicted molar refractivity (Wildman–Crippen MR) is 178 cm³/mol. The van der Waals surface area contributed by atoms with Gasteiger partial charge in [-0.15, -0.1) is 0 Å². The highest BCUT2D eigenvalue weighted by atomic mass is 16.6. The van der Waals surface area contributed by atoms with Gasteiger partial charge in [-0.1, -0.05) is 0 Å². The monoisotopic (exact) mass is 685 g/mol. The van der Waals surface area contributed by atoms with Gasteiger partial charge in [0.1, 0.15) is 11.6 Å². The molecule has 0 radical (unpaired) electrons. The first kappa shape index (κ1) is 38.1. The first-order valence-electron chi connectivity index (χ1n) is 15.5. The number of hydrogen-bond donors (Lipinski definition) is 6. The minimum Gasteiger partial charge on any atom is -0.467 e. The lowest BCUT2D eigenvalue weighted by Crippen LogP contribution is -2.42. The molecule has 1 atom stereocenters. The van der Waals surface area contributed by atoms with Gasteiger partial charge in [-0.25, -0.2) is 19.6 Å². The Labute approximate surface area is 282 Å². The minimum atomic E-state index is -1.04. The van der Waals surface area contributed by atoms with Crippen LogP contribution in [-0.4, -0.2) is 102 Å². The number of methoxy groups -OCH3 is 1. The number of amides is 3. The molecule has 0 aliphatic heterocycles. The van der Waals surface area contributed by atoms with Gasteiger partial charge < -0.3 is 45.9 Å². The van der Waals surface area contributed by atoms with Crippen LogP contribution in [-0.2, 0) is 35.1 Å². The van der Waals surface area contributed by atoms with Gasteiger partial charge in [0.2, 0.25) is 11.9 Å². The molecule has 0 aliphatic carbocycles. The lowest BCUT2D eigenvalue weighted by Gasteiger charge is -2.19. The van der Waals surface area contributed by atoms with E-state index in [0.717, 1.165) is 0 Å². The van der Waals surface area contributed by atoms with E-state index in [1.165, 1.54) is 13.3 Å². The lowest BCUT2D eigenvalue weighted by molar-refractivity contribution is -0.143. The number of aromatic amines is 1. The number of anilines is 2. The average Bonchev–Trinajstić information content (AvgIpc) is 3.05. The third-order valence-corrected chi connectivity index (χ3v) is 6.41. The molecule has 18 nitrogen and oxygen atoms in total. The number of nitrogen functional groups attached to an aromatic ring is 1. The fraction of sp³-hybridized carbons (Fsp3) is 0.484. The number of benzene rings is 1. The first-order chi connectivity index (χ1) is 23.3. The summed E-state index contributed by atoms with van der Waals surface area (Å²) in [7, 11) is 1.20. The standard InChI is InChI=1S/C31H43N9O9/c1-31(2,3)49-30(45)34-12-14-48-16-15-47-13-11-33-23(41)10-9-22(28(44)46-4)38-26(42)19-5-7-20(8-6-19)35-17-21-18-36-25-24(37-21)27(43)40-29(32)39-25/h5-8,18,22,35H,9-17H2,1-4H3,(H,33,41)(H,34,45)(H,38,42)(H3,32,36,39,40,43). The Morgan fingerprint density at radius 1 is 0.959 bits per heavy atom. The highest BCUT2D eigenvalue weighted by Crippen LogP contribution is 2.13. The lowest BCUT2D eigenvalue weighted by atomic mass is 10.1. The Hall–Kier alpha value is -5.36. The Morgan fingerprint density at radius 2 is 1.63 bits per heavy atom. The molecule has 0 saturated heterocycles. The highest BCUT2D eigenvalue weighted by Gasteiger charge is 2.23. The van der Waals surface area contributed by atoms with Gasteiger partial charge in [0.05, 0.1) is 52.0 Å². The summed E-state index contributed by atoms with van der Waals surface area (Å²) in [5.41, 5.74) is 6.09. The average molecular weight is 686 g/mol. The first-order valence-corrected chi connectivity index (χ1v) is 15.5. The summed E-state index contributed by atoms with van der Waals surface area (Å²) in [6, 6.07) is 5.41. The van der Waals surface area contributed by atoms with Gasteiger partial charge >= 0.3 is 12.1 Å². The normalized spacial score (nSPS) is 11.8. The topological polar surface area (TPSA) is 251 Å². The number of carbonyl (C=O) groups excluding carboxylic acids is 4. The summed E-state index contributed by atoms with van der Waals surface area (Å²) in [5, 5.41) is 11.0. The largest absolute Gasteiger partial charge is 0.467 e. The molecular formula is C31H43N9O9. The molecule has 1 unspecified atom stereocenters. The molecular weight excluding hydrogens is 642 g/mol. The predicted octanol–water partition coefficient (Wildman–Crippen LogP) is 0.633. The fourth-order valence-electron chi connectivity index (χ4n) is 4.11. The number of aromatic nitrogens is 4. The molecule has 3 amide bonds. The number of H-pyrrole nitrogens is 1. The number of rotatable bonds is 18. The maximum absolute atomic E-state index is 12.9. The molecule has 2 heterocycles. The summed E-state index contributed by atoms with van der Waals surface area (Å²) < 4.78 is 20.7. The van der Waals surface area contributed by atoms with Gasteiger partial charge in [-0.2, -0.15) is 4.98 Å². The zero-order valence-corrected chi connectivity index (χ0v) is 27.9. The van der Waals surface area contributed by atoms with Crippen LogP contribution in [0.15, 0.2) is 35.3 Å². The summed E-state index contributed by atoms with van der Waals surface area (Å²) in [4.78, 5) is 75.8. The zero-order chi connectivity index (χ0) is 35.8. The van der Waals surface area contributed by atoms with E-state index >= 15 is 0 Å². The van der Waals surface area contributed by atoms with Crippen molar-refractivity contribution in [2.45, 2.75) is 51.8 Å². The summed E-state index contributed by atoms with van der Waals surface area (Å²) in [6.07, 6.45) is 0.942. The summed E-state index contributed by atoms with van der Waals surface area (Å²) in [5.74, 6) is -1.58. The van der Waals surface area contributed by atoms with Crippen molar-refractivity contribution in [3.63, 3.8) is 0 Å². The van der Waals surface area contributed by atoms with E-state index in [0.29, 0.717) is 37.7 Å². The second kappa shape index (κ2) is 18.8. The molecule has 3 rings (SSSR count). The minimum absolute atomic E-state index is 0.0215. The maximum atomic E-state index is 12.9. The number of alkyl carbamates (subject to hydrolysis) is 1. The smallest absolute Gasteiger partial charge is 0.407 e. The van der Waals surface area contributed by atoms with E-state index in [9.17, 15) is 24.0 Å². The van der Waals surface area contributed by atoms with E-state index in [2.05, 4.69) is 41.2 Å². The molecule has 0 saturated carbocycles. The molecule has 266 valence electrons. The number of ether oxygens (including phenoxy) is 4. The molecule has 0 spiro atoms. The third-order valence-electron chi connectivity index (χ3n) is 6.41. The fourth-order valence-corrected chi connectivity index (χ4v) is 4.11. The van der Waals surface area contributed by atoms with Crippen LogP contribution in [0.25, 0.3) is 11.2 Å². The van der Waals surface area contributed by atoms with Crippen molar-refractivity contribution >= 4 is 46.7 Å². The van der Waals surface area contributed by atoms with Gasteiger partial charge in [-0.3, -0.25) is 19.4 Å². The van der Waals surface area contributed by atoms with Crippen molar-refractivity contribution in [2.24, 2.45) is 0 Å². The van der Waals surface area contributed by atoms with Crippen LogP contribution in [0.1, 0.15) is 49.7 Å². The molecule has 0 aliphatic rings. The van der Waals surface area contributed by atoms with Gasteiger partial charge in [0.15, 0.2) is 11.2 Å². The van der Waals surface area contributed by atoms with E-state index in [-0.39, 0.29) is 61.1 Å². The van der Waals surface area contributed by atoms with Crippen LogP contribution in [0.4, 0.5) is 16.4 Å². The number of nitrogens with zero attached hydrogens (tertiary/aromatic N) is 3. The zero-order valence-electron chi connectivity index (χ0n) is 27.9. The van der Waals surface area contributed by atoms with E-state index < -0.39 is 35.2 Å². The van der Waals surface area contributed by atoms with Crippen molar-refractivity contribution < 1.29 is 38.1 Å². The van der Waals surface area contributed by atoms with Gasteiger partial charge in [-0.05, 0) is 51.5 Å².